The third kappa shape index (κ3) is 7.55. The Balaban J connectivity index is 1.65. The molecule has 0 aliphatic carbocycles. The van der Waals surface area contributed by atoms with Gasteiger partial charge in [0.15, 0.2) is 5.11 Å². The Morgan fingerprint density at radius 3 is 2.25 bits per heavy atom. The molecule has 188 valence electrons. The summed E-state index contributed by atoms with van der Waals surface area (Å²) in [6, 6.07) is 16.8. The predicted octanol–water partition coefficient (Wildman–Crippen LogP) is 2.51. The van der Waals surface area contributed by atoms with Gasteiger partial charge >= 0.3 is 0 Å². The van der Waals surface area contributed by atoms with Crippen molar-refractivity contribution in [3.05, 3.63) is 77.4 Å². The topological polar surface area (TPSA) is 106 Å². The van der Waals surface area contributed by atoms with E-state index in [9.17, 15) is 13.2 Å². The summed E-state index contributed by atoms with van der Waals surface area (Å²) in [5.41, 5.74) is 4.18. The van der Waals surface area contributed by atoms with E-state index >= 15 is 0 Å². The standard InChI is InChI=1S/C25H28BN3O5S2/c1-16-12-17(2)14-20(13-16)29-36(31,32)21-7-5-19(6-8-21)27-25(35)28-24(30)22-15-18(26)4-9-23(22)34-11-10-33-3/h4-9,12-15,29H,10-11,26H2,1-3H3,(H2,27,28,30,35). The summed E-state index contributed by atoms with van der Waals surface area (Å²) in [4.78, 5) is 12.9. The highest BCUT2D eigenvalue weighted by molar-refractivity contribution is 7.92. The van der Waals surface area contributed by atoms with Crippen molar-refractivity contribution in [2.24, 2.45) is 0 Å². The van der Waals surface area contributed by atoms with E-state index in [0.717, 1.165) is 16.6 Å². The minimum absolute atomic E-state index is 0.0633. The second-order valence-corrected chi connectivity index (χ2v) is 10.3. The first-order chi connectivity index (χ1) is 17.1. The maximum atomic E-state index is 12.8. The smallest absolute Gasteiger partial charge is 0.261 e. The molecule has 0 heterocycles. The number of benzene rings is 3. The van der Waals surface area contributed by atoms with Gasteiger partial charge in [0, 0.05) is 18.5 Å². The summed E-state index contributed by atoms with van der Waals surface area (Å²) in [7, 11) is -0.328. The molecule has 8 nitrogen and oxygen atoms in total. The molecule has 0 spiro atoms. The lowest BCUT2D eigenvalue weighted by atomic mass is 9.94. The van der Waals surface area contributed by atoms with Gasteiger partial charge in [0.25, 0.3) is 15.9 Å². The van der Waals surface area contributed by atoms with E-state index in [-0.39, 0.29) is 10.0 Å². The number of carbonyl (C=O) groups is 1. The third-order valence-electron chi connectivity index (χ3n) is 5.05. The highest BCUT2D eigenvalue weighted by atomic mass is 32.2. The van der Waals surface area contributed by atoms with Gasteiger partial charge in [0.2, 0.25) is 0 Å². The van der Waals surface area contributed by atoms with Crippen LogP contribution in [0.5, 0.6) is 5.75 Å². The minimum Gasteiger partial charge on any atom is -0.490 e. The second-order valence-electron chi connectivity index (χ2n) is 8.26. The highest BCUT2D eigenvalue weighted by Crippen LogP contribution is 2.21. The van der Waals surface area contributed by atoms with Crippen LogP contribution in [0.2, 0.25) is 0 Å². The van der Waals surface area contributed by atoms with Crippen LogP contribution < -0.4 is 25.6 Å². The van der Waals surface area contributed by atoms with Crippen LogP contribution in [0.3, 0.4) is 0 Å². The lowest BCUT2D eigenvalue weighted by Crippen LogP contribution is -2.34. The third-order valence-corrected chi connectivity index (χ3v) is 6.65. The van der Waals surface area contributed by atoms with Gasteiger partial charge in [-0.2, -0.15) is 0 Å². The van der Waals surface area contributed by atoms with E-state index in [1.165, 1.54) is 12.1 Å². The Morgan fingerprint density at radius 2 is 1.61 bits per heavy atom. The molecule has 3 aromatic carbocycles. The maximum Gasteiger partial charge on any atom is 0.261 e. The zero-order valence-corrected chi connectivity index (χ0v) is 22.2. The molecule has 1 amide bonds. The van der Waals surface area contributed by atoms with Gasteiger partial charge in [0.1, 0.15) is 20.2 Å². The van der Waals surface area contributed by atoms with Crippen molar-refractivity contribution in [2.75, 3.05) is 30.4 Å². The molecular formula is C25H28BN3O5S2. The van der Waals surface area contributed by atoms with Crippen molar-refractivity contribution in [1.29, 1.82) is 0 Å². The molecule has 11 heteroatoms. The lowest BCUT2D eigenvalue weighted by molar-refractivity contribution is 0.0970. The number of amides is 1. The molecule has 0 aliphatic rings. The zero-order valence-electron chi connectivity index (χ0n) is 20.5. The lowest BCUT2D eigenvalue weighted by Gasteiger charge is -2.14. The number of hydrogen-bond acceptors (Lipinski definition) is 6. The van der Waals surface area contributed by atoms with Crippen LogP contribution in [0.1, 0.15) is 21.5 Å². The van der Waals surface area contributed by atoms with Gasteiger partial charge in [-0.15, -0.1) is 0 Å². The molecule has 0 bridgehead atoms. The van der Waals surface area contributed by atoms with Gasteiger partial charge in [-0.05, 0) is 79.7 Å². The fraction of sp³-hybridized carbons (Fsp3) is 0.200. The Kier molecular flexibility index (Phi) is 9.08. The SMILES string of the molecule is Bc1ccc(OCCOC)c(C(=O)NC(=S)Nc2ccc(S(=O)(=O)Nc3cc(C)cc(C)c3)cc2)c1. The van der Waals surface area contributed by atoms with Crippen LogP contribution in [-0.2, 0) is 14.8 Å². The number of anilines is 2. The molecule has 0 fully saturated rings. The van der Waals surface area contributed by atoms with Crippen molar-refractivity contribution in [3.63, 3.8) is 0 Å². The molecule has 0 radical (unpaired) electrons. The predicted molar refractivity (Wildman–Crippen MR) is 149 cm³/mol. The molecule has 0 saturated carbocycles. The van der Waals surface area contributed by atoms with Crippen molar-refractivity contribution < 1.29 is 22.7 Å². The molecule has 36 heavy (non-hydrogen) atoms. The molecule has 3 N–H and O–H groups in total. The minimum atomic E-state index is -3.77. The molecule has 3 rings (SSSR count). The van der Waals surface area contributed by atoms with Crippen LogP contribution in [0.15, 0.2) is 65.6 Å². The van der Waals surface area contributed by atoms with Gasteiger partial charge < -0.3 is 14.8 Å². The Morgan fingerprint density at radius 1 is 0.944 bits per heavy atom. The summed E-state index contributed by atoms with van der Waals surface area (Å²) in [6.07, 6.45) is 0. The fourth-order valence-corrected chi connectivity index (χ4v) is 4.73. The number of methoxy groups -OCH3 is 1. The van der Waals surface area contributed by atoms with Crippen LogP contribution in [0.25, 0.3) is 0 Å². The monoisotopic (exact) mass is 525 g/mol. The number of ether oxygens (including phenoxy) is 2. The summed E-state index contributed by atoms with van der Waals surface area (Å²) in [6.45, 7) is 4.50. The highest BCUT2D eigenvalue weighted by Gasteiger charge is 2.16. The number of sulfonamides is 1. The average Bonchev–Trinajstić information content (AvgIpc) is 2.79. The summed E-state index contributed by atoms with van der Waals surface area (Å²) in [5.74, 6) is -0.00993. The van der Waals surface area contributed by atoms with E-state index in [4.69, 9.17) is 21.7 Å². The van der Waals surface area contributed by atoms with Crippen LogP contribution in [0.4, 0.5) is 11.4 Å². The zero-order chi connectivity index (χ0) is 26.3. The van der Waals surface area contributed by atoms with E-state index < -0.39 is 15.9 Å². The first kappa shape index (κ1) is 27.2. The quantitative estimate of drug-likeness (QED) is 0.224. The molecule has 0 saturated heterocycles. The molecule has 0 aromatic heterocycles. The number of thiocarbonyl (C=S) groups is 1. The van der Waals surface area contributed by atoms with Gasteiger partial charge in [-0.1, -0.05) is 23.7 Å². The normalized spacial score (nSPS) is 11.0. The number of carbonyl (C=O) groups excluding carboxylic acids is 1. The Bertz CT molecular complexity index is 1340. The van der Waals surface area contributed by atoms with E-state index in [2.05, 4.69) is 15.4 Å². The van der Waals surface area contributed by atoms with Gasteiger partial charge in [0.05, 0.1) is 17.1 Å². The first-order valence-corrected chi connectivity index (χ1v) is 13.0. The van der Waals surface area contributed by atoms with Crippen LogP contribution >= 0.6 is 12.2 Å². The number of nitrogens with one attached hydrogen (secondary N) is 3. The Hall–Kier alpha value is -3.41. The molecule has 3 aromatic rings. The first-order valence-electron chi connectivity index (χ1n) is 11.1. The largest absolute Gasteiger partial charge is 0.490 e. The van der Waals surface area contributed by atoms with E-state index in [0.29, 0.717) is 35.9 Å². The van der Waals surface area contributed by atoms with Crippen LogP contribution in [-0.4, -0.2) is 47.6 Å². The molecule has 0 atom stereocenters. The summed E-state index contributed by atoms with van der Waals surface area (Å²) in [5, 5.41) is 5.59. The number of aryl methyl sites for hydroxylation is 2. The van der Waals surface area contributed by atoms with Crippen molar-refractivity contribution >= 4 is 57.9 Å². The summed E-state index contributed by atoms with van der Waals surface area (Å²) >= 11 is 5.28. The number of hydrogen-bond donors (Lipinski definition) is 3. The van der Waals surface area contributed by atoms with Gasteiger partial charge in [-0.3, -0.25) is 14.8 Å². The summed E-state index contributed by atoms with van der Waals surface area (Å²) < 4.78 is 38.8. The fourth-order valence-electron chi connectivity index (χ4n) is 3.48. The van der Waals surface area contributed by atoms with Gasteiger partial charge in [-0.25, -0.2) is 8.42 Å². The average molecular weight is 525 g/mol. The van der Waals surface area contributed by atoms with Crippen molar-refractivity contribution in [3.8, 4) is 5.75 Å². The number of rotatable bonds is 9. The van der Waals surface area contributed by atoms with Crippen molar-refractivity contribution in [1.82, 2.24) is 5.32 Å². The molecule has 0 aliphatic heterocycles. The Labute approximate surface area is 217 Å². The van der Waals surface area contributed by atoms with Crippen LogP contribution in [0, 0.1) is 13.8 Å². The second kappa shape index (κ2) is 12.0. The molecule has 0 unspecified atom stereocenters. The van der Waals surface area contributed by atoms with E-state index in [1.807, 2.05) is 33.8 Å². The molecular weight excluding hydrogens is 497 g/mol. The van der Waals surface area contributed by atoms with E-state index in [1.54, 1.807) is 43.5 Å². The maximum absolute atomic E-state index is 12.8. The van der Waals surface area contributed by atoms with Crippen molar-refractivity contribution in [2.45, 2.75) is 18.7 Å².